The van der Waals surface area contributed by atoms with E-state index in [1.165, 1.54) is 0 Å². The number of ether oxygens (including phenoxy) is 1. The molecular formula is C7H12F2O3. The average molecular weight is 182 g/mol. The van der Waals surface area contributed by atoms with Crippen LogP contribution in [0.25, 0.3) is 0 Å². The molecule has 0 saturated heterocycles. The first-order chi connectivity index (χ1) is 5.61. The second-order valence-corrected chi connectivity index (χ2v) is 2.37. The summed E-state index contributed by atoms with van der Waals surface area (Å²) in [6.07, 6.45) is -2.87. The van der Waals surface area contributed by atoms with Crippen LogP contribution in [0.2, 0.25) is 0 Å². The molecule has 0 rings (SSSR count). The highest BCUT2D eigenvalue weighted by Gasteiger charge is 2.19. The Morgan fingerprint density at radius 1 is 1.50 bits per heavy atom. The minimum Gasteiger partial charge on any atom is -0.469 e. The average Bonchev–Trinajstić information content (AvgIpc) is 2.04. The van der Waals surface area contributed by atoms with Crippen LogP contribution < -0.4 is 0 Å². The Morgan fingerprint density at radius 3 is 2.42 bits per heavy atom. The molecule has 0 spiro atoms. The first-order valence-corrected chi connectivity index (χ1v) is 3.58. The molecule has 0 aromatic carbocycles. The van der Waals surface area contributed by atoms with Crippen LogP contribution in [0.5, 0.6) is 0 Å². The third kappa shape index (κ3) is 4.23. The number of aliphatic hydroxyl groups is 1. The van der Waals surface area contributed by atoms with E-state index in [4.69, 9.17) is 5.11 Å². The lowest BCUT2D eigenvalue weighted by Crippen LogP contribution is -2.20. The van der Waals surface area contributed by atoms with E-state index >= 15 is 0 Å². The van der Waals surface area contributed by atoms with Gasteiger partial charge in [-0.15, -0.1) is 0 Å². The topological polar surface area (TPSA) is 46.5 Å². The van der Waals surface area contributed by atoms with Crippen LogP contribution in [0.15, 0.2) is 0 Å². The van der Waals surface area contributed by atoms with Crippen LogP contribution in [0.4, 0.5) is 8.78 Å². The van der Waals surface area contributed by atoms with E-state index in [-0.39, 0.29) is 12.8 Å². The van der Waals surface area contributed by atoms with Crippen LogP contribution in [-0.4, -0.2) is 31.2 Å². The van der Waals surface area contributed by atoms with E-state index < -0.39 is 24.9 Å². The van der Waals surface area contributed by atoms with Gasteiger partial charge in [-0.3, -0.25) is 4.79 Å². The summed E-state index contributed by atoms with van der Waals surface area (Å²) in [6, 6.07) is 0. The summed E-state index contributed by atoms with van der Waals surface area (Å²) in [6.45, 7) is -0.445. The van der Waals surface area contributed by atoms with Crippen molar-refractivity contribution in [2.24, 2.45) is 5.92 Å². The fourth-order valence-electron chi connectivity index (χ4n) is 0.778. The second-order valence-electron chi connectivity index (χ2n) is 2.37. The summed E-state index contributed by atoms with van der Waals surface area (Å²) in [5, 5.41) is 8.59. The number of esters is 1. The van der Waals surface area contributed by atoms with Crippen molar-refractivity contribution in [2.45, 2.75) is 19.3 Å². The lowest BCUT2D eigenvalue weighted by Gasteiger charge is -2.10. The van der Waals surface area contributed by atoms with Gasteiger partial charge in [0.05, 0.1) is 19.6 Å². The Kier molecular flexibility index (Phi) is 5.53. The highest BCUT2D eigenvalue weighted by Crippen LogP contribution is 2.12. The predicted octanol–water partition coefficient (Wildman–Crippen LogP) is 0.813. The van der Waals surface area contributed by atoms with Crippen LogP contribution in [-0.2, 0) is 9.53 Å². The van der Waals surface area contributed by atoms with Gasteiger partial charge in [0.25, 0.3) is 0 Å². The van der Waals surface area contributed by atoms with Crippen LogP contribution in [0.1, 0.15) is 12.8 Å². The van der Waals surface area contributed by atoms with Gasteiger partial charge in [-0.2, -0.15) is 0 Å². The summed E-state index contributed by atoms with van der Waals surface area (Å²) in [7, 11) is 1.16. The fourth-order valence-corrected chi connectivity index (χ4v) is 0.778. The Hall–Kier alpha value is -0.710. The van der Waals surface area contributed by atoms with Crippen molar-refractivity contribution in [2.75, 3.05) is 13.7 Å². The molecule has 0 radical (unpaired) electrons. The third-order valence-corrected chi connectivity index (χ3v) is 1.49. The van der Waals surface area contributed by atoms with Crippen LogP contribution >= 0.6 is 0 Å². The summed E-state index contributed by atoms with van der Waals surface area (Å²) < 4.78 is 27.6. The molecule has 0 aliphatic rings. The fraction of sp³-hybridized carbons (Fsp3) is 0.857. The number of methoxy groups -OCH3 is 1. The number of rotatable bonds is 5. The van der Waals surface area contributed by atoms with E-state index in [1.54, 1.807) is 0 Å². The molecule has 0 aliphatic heterocycles. The molecule has 0 aromatic rings. The van der Waals surface area contributed by atoms with Crippen molar-refractivity contribution in [1.29, 1.82) is 0 Å². The van der Waals surface area contributed by atoms with Crippen molar-refractivity contribution in [3.05, 3.63) is 0 Å². The maximum Gasteiger partial charge on any atom is 0.310 e. The molecule has 0 aromatic heterocycles. The molecule has 5 heteroatoms. The molecule has 0 fully saturated rings. The van der Waals surface area contributed by atoms with Gasteiger partial charge in [0, 0.05) is 6.42 Å². The first-order valence-electron chi connectivity index (χ1n) is 3.58. The quantitative estimate of drug-likeness (QED) is 0.640. The van der Waals surface area contributed by atoms with Gasteiger partial charge >= 0.3 is 5.97 Å². The summed E-state index contributed by atoms with van der Waals surface area (Å²) >= 11 is 0. The maximum absolute atomic E-state index is 11.7. The number of hydrogen-bond acceptors (Lipinski definition) is 3. The molecule has 0 saturated carbocycles. The Bertz CT molecular complexity index is 139. The minimum atomic E-state index is -2.44. The standard InChI is InChI=1S/C7H12F2O3/c1-12-7(11)5(4-10)2-3-6(8)9/h5-6,10H,2-4H2,1H3. The van der Waals surface area contributed by atoms with Gasteiger partial charge < -0.3 is 9.84 Å². The van der Waals surface area contributed by atoms with Gasteiger partial charge in [0.1, 0.15) is 0 Å². The van der Waals surface area contributed by atoms with Gasteiger partial charge in [-0.05, 0) is 6.42 Å². The molecule has 1 atom stereocenters. The second kappa shape index (κ2) is 5.88. The summed E-state index contributed by atoms with van der Waals surface area (Å²) in [4.78, 5) is 10.7. The van der Waals surface area contributed by atoms with Crippen molar-refractivity contribution < 1.29 is 23.4 Å². The van der Waals surface area contributed by atoms with Crippen molar-refractivity contribution >= 4 is 5.97 Å². The molecule has 12 heavy (non-hydrogen) atoms. The number of alkyl halides is 2. The van der Waals surface area contributed by atoms with Gasteiger partial charge in [-0.25, -0.2) is 8.78 Å². The SMILES string of the molecule is COC(=O)C(CO)CCC(F)F. The Balaban J connectivity index is 3.75. The largest absolute Gasteiger partial charge is 0.469 e. The molecule has 0 bridgehead atoms. The third-order valence-electron chi connectivity index (χ3n) is 1.49. The van der Waals surface area contributed by atoms with E-state index in [0.29, 0.717) is 0 Å². The molecule has 0 aliphatic carbocycles. The molecule has 3 nitrogen and oxygen atoms in total. The molecule has 1 unspecified atom stereocenters. The van der Waals surface area contributed by atoms with Crippen molar-refractivity contribution in [3.8, 4) is 0 Å². The van der Waals surface area contributed by atoms with Crippen LogP contribution in [0, 0.1) is 5.92 Å². The van der Waals surface area contributed by atoms with Crippen LogP contribution in [0.3, 0.4) is 0 Å². The number of aliphatic hydroxyl groups excluding tert-OH is 1. The minimum absolute atomic E-state index is 0.0408. The molecule has 0 amide bonds. The predicted molar refractivity (Wildman–Crippen MR) is 37.8 cm³/mol. The highest BCUT2D eigenvalue weighted by molar-refractivity contribution is 5.72. The van der Waals surface area contributed by atoms with Crippen molar-refractivity contribution in [1.82, 2.24) is 0 Å². The van der Waals surface area contributed by atoms with Crippen molar-refractivity contribution in [3.63, 3.8) is 0 Å². The number of halogens is 2. The lowest BCUT2D eigenvalue weighted by atomic mass is 10.1. The zero-order chi connectivity index (χ0) is 9.56. The van der Waals surface area contributed by atoms with E-state index in [1.807, 2.05) is 0 Å². The van der Waals surface area contributed by atoms with Gasteiger partial charge in [0.15, 0.2) is 0 Å². The number of hydrogen-bond donors (Lipinski definition) is 1. The van der Waals surface area contributed by atoms with Gasteiger partial charge in [0.2, 0.25) is 6.43 Å². The summed E-state index contributed by atoms with van der Waals surface area (Å²) in [5.41, 5.74) is 0. The Morgan fingerprint density at radius 2 is 2.08 bits per heavy atom. The smallest absolute Gasteiger partial charge is 0.310 e. The summed E-state index contributed by atoms with van der Waals surface area (Å²) in [5.74, 6) is -1.46. The zero-order valence-electron chi connectivity index (χ0n) is 6.80. The maximum atomic E-state index is 11.7. The zero-order valence-corrected chi connectivity index (χ0v) is 6.80. The van der Waals surface area contributed by atoms with Gasteiger partial charge in [-0.1, -0.05) is 0 Å². The number of carbonyl (C=O) groups is 1. The monoisotopic (exact) mass is 182 g/mol. The van der Waals surface area contributed by atoms with E-state index in [0.717, 1.165) is 7.11 Å². The molecule has 72 valence electrons. The van der Waals surface area contributed by atoms with E-state index in [9.17, 15) is 13.6 Å². The molecule has 1 N–H and O–H groups in total. The first kappa shape index (κ1) is 11.3. The lowest BCUT2D eigenvalue weighted by molar-refractivity contribution is -0.147. The highest BCUT2D eigenvalue weighted by atomic mass is 19.3. The Labute approximate surface area is 69.3 Å². The number of carbonyl (C=O) groups excluding carboxylic acids is 1. The molecular weight excluding hydrogens is 170 g/mol. The van der Waals surface area contributed by atoms with E-state index in [2.05, 4.69) is 4.74 Å². The normalized spacial score (nSPS) is 13.1. The molecule has 0 heterocycles.